The summed E-state index contributed by atoms with van der Waals surface area (Å²) >= 11 is 3.05. The third kappa shape index (κ3) is 4.11. The maximum atomic E-state index is 13.1. The molecule has 2 aromatic carbocycles. The third-order valence-corrected chi connectivity index (χ3v) is 3.77. The van der Waals surface area contributed by atoms with E-state index in [4.69, 9.17) is 0 Å². The van der Waals surface area contributed by atoms with Crippen LogP contribution in [0.2, 0.25) is 0 Å². The highest BCUT2D eigenvalue weighted by Gasteiger charge is 2.08. The highest BCUT2D eigenvalue weighted by Crippen LogP contribution is 2.16. The summed E-state index contributed by atoms with van der Waals surface area (Å²) < 4.78 is 26.3. The van der Waals surface area contributed by atoms with Gasteiger partial charge in [0.2, 0.25) is 0 Å². The van der Waals surface area contributed by atoms with Crippen molar-refractivity contribution in [3.63, 3.8) is 0 Å². The normalized spacial score (nSPS) is 10.5. The zero-order valence-electron chi connectivity index (χ0n) is 11.4. The number of hydrogen-bond donors (Lipinski definition) is 1. The molecular weight excluding hydrogens is 340 g/mol. The summed E-state index contributed by atoms with van der Waals surface area (Å²) in [7, 11) is 0. The minimum absolute atomic E-state index is 0.254. The number of aryl methyl sites for hydroxylation is 1. The van der Waals surface area contributed by atoms with E-state index in [1.165, 1.54) is 30.3 Å². The lowest BCUT2D eigenvalue weighted by Crippen LogP contribution is -2.25. The summed E-state index contributed by atoms with van der Waals surface area (Å²) in [5.41, 5.74) is 2.23. The molecule has 0 aromatic heterocycles. The largest absolute Gasteiger partial charge is 0.352 e. The van der Waals surface area contributed by atoms with Crippen LogP contribution in [0.25, 0.3) is 0 Å². The zero-order valence-corrected chi connectivity index (χ0v) is 13.0. The van der Waals surface area contributed by atoms with Gasteiger partial charge in [0.1, 0.15) is 11.6 Å². The number of carbonyl (C=O) groups excluding carboxylic acids is 1. The molecule has 21 heavy (non-hydrogen) atoms. The molecule has 0 saturated heterocycles. The lowest BCUT2D eigenvalue weighted by atomic mass is 10.1. The minimum Gasteiger partial charge on any atom is -0.352 e. The fraction of sp³-hybridized carbons (Fsp3) is 0.188. The van der Waals surface area contributed by atoms with Crippen LogP contribution < -0.4 is 5.32 Å². The number of nitrogens with one attached hydrogen (secondary N) is 1. The van der Waals surface area contributed by atoms with E-state index in [-0.39, 0.29) is 16.2 Å². The van der Waals surface area contributed by atoms with Crippen molar-refractivity contribution >= 4 is 21.8 Å². The van der Waals surface area contributed by atoms with Crippen molar-refractivity contribution in [3.05, 3.63) is 69.2 Å². The lowest BCUT2D eigenvalue weighted by molar-refractivity contribution is 0.0954. The topological polar surface area (TPSA) is 29.1 Å². The van der Waals surface area contributed by atoms with Crippen LogP contribution in [0.15, 0.2) is 40.9 Å². The van der Waals surface area contributed by atoms with Gasteiger partial charge in [-0.3, -0.25) is 4.79 Å². The summed E-state index contributed by atoms with van der Waals surface area (Å²) in [6.45, 7) is 2.26. The van der Waals surface area contributed by atoms with Gasteiger partial charge < -0.3 is 5.32 Å². The van der Waals surface area contributed by atoms with E-state index in [0.717, 1.165) is 11.1 Å². The van der Waals surface area contributed by atoms with Gasteiger partial charge in [0, 0.05) is 12.1 Å². The first-order valence-electron chi connectivity index (χ1n) is 6.45. The molecule has 0 heterocycles. The van der Waals surface area contributed by atoms with E-state index in [2.05, 4.69) is 21.2 Å². The second-order valence-corrected chi connectivity index (χ2v) is 5.56. The van der Waals surface area contributed by atoms with Gasteiger partial charge in [-0.15, -0.1) is 0 Å². The van der Waals surface area contributed by atoms with Crippen molar-refractivity contribution in [1.29, 1.82) is 0 Å². The molecule has 2 nitrogen and oxygen atoms in total. The summed E-state index contributed by atoms with van der Waals surface area (Å²) in [6.07, 6.45) is 0.611. The Morgan fingerprint density at radius 2 is 1.95 bits per heavy atom. The van der Waals surface area contributed by atoms with Crippen LogP contribution >= 0.6 is 15.9 Å². The molecule has 2 aromatic rings. The quantitative estimate of drug-likeness (QED) is 0.883. The molecule has 0 spiro atoms. The Morgan fingerprint density at radius 3 is 2.62 bits per heavy atom. The predicted molar refractivity (Wildman–Crippen MR) is 81.3 cm³/mol. The smallest absolute Gasteiger partial charge is 0.251 e. The first-order valence-corrected chi connectivity index (χ1v) is 7.25. The molecule has 0 unspecified atom stereocenters. The van der Waals surface area contributed by atoms with Gasteiger partial charge in [-0.1, -0.05) is 6.07 Å². The molecule has 0 atom stereocenters. The van der Waals surface area contributed by atoms with Gasteiger partial charge in [-0.25, -0.2) is 8.78 Å². The van der Waals surface area contributed by atoms with E-state index < -0.39 is 5.82 Å². The van der Waals surface area contributed by atoms with E-state index in [0.29, 0.717) is 18.5 Å². The lowest BCUT2D eigenvalue weighted by Gasteiger charge is -2.08. The molecule has 0 radical (unpaired) electrons. The van der Waals surface area contributed by atoms with Gasteiger partial charge in [-0.2, -0.15) is 0 Å². The minimum atomic E-state index is -0.409. The molecular formula is C16H14BrF2NO. The summed E-state index contributed by atoms with van der Waals surface area (Å²) in [6, 6.07) is 8.69. The number of benzene rings is 2. The monoisotopic (exact) mass is 353 g/mol. The van der Waals surface area contributed by atoms with Crippen LogP contribution in [0.4, 0.5) is 8.78 Å². The number of rotatable bonds is 4. The molecule has 0 saturated carbocycles. The maximum absolute atomic E-state index is 13.1. The molecule has 2 rings (SSSR count). The molecule has 0 bridgehead atoms. The maximum Gasteiger partial charge on any atom is 0.251 e. The summed E-state index contributed by atoms with van der Waals surface area (Å²) in [5, 5.41) is 2.76. The Morgan fingerprint density at radius 1 is 1.19 bits per heavy atom. The Bertz CT molecular complexity index is 673. The van der Waals surface area contributed by atoms with E-state index in [1.807, 2.05) is 6.92 Å². The van der Waals surface area contributed by atoms with Crippen LogP contribution in [-0.4, -0.2) is 12.5 Å². The molecule has 110 valence electrons. The average molecular weight is 354 g/mol. The second kappa shape index (κ2) is 6.80. The van der Waals surface area contributed by atoms with Crippen molar-refractivity contribution in [2.75, 3.05) is 6.54 Å². The van der Waals surface area contributed by atoms with Crippen molar-refractivity contribution in [2.45, 2.75) is 13.3 Å². The number of hydrogen-bond acceptors (Lipinski definition) is 1. The average Bonchev–Trinajstić information content (AvgIpc) is 2.44. The predicted octanol–water partition coefficient (Wildman–Crippen LogP) is 4.01. The molecule has 0 aliphatic rings. The molecule has 0 fully saturated rings. The van der Waals surface area contributed by atoms with Crippen LogP contribution in [-0.2, 0) is 6.42 Å². The zero-order chi connectivity index (χ0) is 15.4. The van der Waals surface area contributed by atoms with E-state index >= 15 is 0 Å². The molecule has 0 aliphatic heterocycles. The molecule has 5 heteroatoms. The summed E-state index contributed by atoms with van der Waals surface area (Å²) in [5.74, 6) is -0.944. The Labute approximate surface area is 130 Å². The van der Waals surface area contributed by atoms with Gasteiger partial charge in [0.25, 0.3) is 5.91 Å². The fourth-order valence-electron chi connectivity index (χ4n) is 1.99. The van der Waals surface area contributed by atoms with Crippen molar-refractivity contribution in [1.82, 2.24) is 5.32 Å². The second-order valence-electron chi connectivity index (χ2n) is 4.71. The fourth-order valence-corrected chi connectivity index (χ4v) is 2.37. The van der Waals surface area contributed by atoms with Crippen LogP contribution in [0.3, 0.4) is 0 Å². The van der Waals surface area contributed by atoms with Crippen LogP contribution in [0, 0.1) is 18.6 Å². The van der Waals surface area contributed by atoms with Crippen molar-refractivity contribution < 1.29 is 13.6 Å². The molecule has 1 N–H and O–H groups in total. The van der Waals surface area contributed by atoms with Crippen molar-refractivity contribution in [3.8, 4) is 0 Å². The van der Waals surface area contributed by atoms with Crippen LogP contribution in [0.1, 0.15) is 21.5 Å². The first kappa shape index (κ1) is 15.6. The van der Waals surface area contributed by atoms with Gasteiger partial charge in [0.15, 0.2) is 0 Å². The Hall–Kier alpha value is -1.75. The SMILES string of the molecule is Cc1cc(F)ccc1CCNC(=O)c1ccc(F)c(Br)c1. The summed E-state index contributed by atoms with van der Waals surface area (Å²) in [4.78, 5) is 11.9. The van der Waals surface area contributed by atoms with Gasteiger partial charge >= 0.3 is 0 Å². The van der Waals surface area contributed by atoms with E-state index in [1.54, 1.807) is 6.07 Å². The van der Waals surface area contributed by atoms with E-state index in [9.17, 15) is 13.6 Å². The molecule has 0 aliphatic carbocycles. The highest BCUT2D eigenvalue weighted by molar-refractivity contribution is 9.10. The first-order chi connectivity index (χ1) is 9.97. The number of halogens is 3. The number of amides is 1. The molecule has 1 amide bonds. The van der Waals surface area contributed by atoms with Crippen molar-refractivity contribution in [2.24, 2.45) is 0 Å². The third-order valence-electron chi connectivity index (χ3n) is 3.17. The number of carbonyl (C=O) groups is 1. The Kier molecular flexibility index (Phi) is 5.07. The highest BCUT2D eigenvalue weighted by atomic mass is 79.9. The Balaban J connectivity index is 1.93. The standard InChI is InChI=1S/C16H14BrF2NO/c1-10-8-13(18)4-2-11(10)6-7-20-16(21)12-3-5-15(19)14(17)9-12/h2-5,8-9H,6-7H2,1H3,(H,20,21). The van der Waals surface area contributed by atoms with Gasteiger partial charge in [-0.05, 0) is 70.7 Å². The van der Waals surface area contributed by atoms with Gasteiger partial charge in [0.05, 0.1) is 4.47 Å². The van der Waals surface area contributed by atoms with Crippen LogP contribution in [0.5, 0.6) is 0 Å².